The number of hydrogen-bond acceptors (Lipinski definition) is 4. The Morgan fingerprint density at radius 1 is 1.58 bits per heavy atom. The van der Waals surface area contributed by atoms with E-state index in [1.807, 2.05) is 6.92 Å². The summed E-state index contributed by atoms with van der Waals surface area (Å²) in [5, 5.41) is 6.21. The maximum absolute atomic E-state index is 10.9. The average molecular weight is 268 g/mol. The number of carbonyl (C=O) groups is 1. The Hall–Kier alpha value is -2.02. The Morgan fingerprint density at radius 3 is 2.84 bits per heavy atom. The fourth-order valence-corrected chi connectivity index (χ4v) is 1.50. The summed E-state index contributed by atoms with van der Waals surface area (Å²) in [5.41, 5.74) is 5.11. The van der Waals surface area contributed by atoms with Crippen molar-refractivity contribution in [1.29, 1.82) is 0 Å². The van der Waals surface area contributed by atoms with Crippen LogP contribution in [0, 0.1) is 0 Å². The molecule has 0 fully saturated rings. The van der Waals surface area contributed by atoms with Crippen molar-refractivity contribution in [3.05, 3.63) is 23.7 Å². The van der Waals surface area contributed by atoms with Crippen molar-refractivity contribution in [2.24, 2.45) is 10.7 Å². The van der Waals surface area contributed by atoms with Crippen molar-refractivity contribution in [1.82, 2.24) is 10.6 Å². The predicted molar refractivity (Wildman–Crippen MR) is 71.9 cm³/mol. The zero-order valence-corrected chi connectivity index (χ0v) is 11.4. The third kappa shape index (κ3) is 5.01. The second-order valence-electron chi connectivity index (χ2n) is 4.06. The van der Waals surface area contributed by atoms with Crippen molar-refractivity contribution in [2.45, 2.75) is 19.5 Å². The van der Waals surface area contributed by atoms with E-state index < -0.39 is 5.91 Å². The highest BCUT2D eigenvalue weighted by Gasteiger charge is 2.08. The lowest BCUT2D eigenvalue weighted by molar-refractivity contribution is 0.0972. The van der Waals surface area contributed by atoms with E-state index in [4.69, 9.17) is 14.9 Å². The summed E-state index contributed by atoms with van der Waals surface area (Å²) in [6.45, 7) is 2.97. The molecule has 19 heavy (non-hydrogen) atoms. The standard InChI is InChI=1S/C12H20N4O3/c1-8(7-18-3)16-12(14-2)15-6-9-4-5-10(19-9)11(13)17/h4-5,8H,6-7H2,1-3H3,(H2,13,17)(H2,14,15,16). The summed E-state index contributed by atoms with van der Waals surface area (Å²) >= 11 is 0. The number of carbonyl (C=O) groups excluding carboxylic acids is 1. The van der Waals surface area contributed by atoms with Gasteiger partial charge < -0.3 is 25.5 Å². The van der Waals surface area contributed by atoms with E-state index >= 15 is 0 Å². The van der Waals surface area contributed by atoms with E-state index in [0.29, 0.717) is 24.9 Å². The van der Waals surface area contributed by atoms with Gasteiger partial charge >= 0.3 is 0 Å². The lowest BCUT2D eigenvalue weighted by atomic mass is 10.3. The van der Waals surface area contributed by atoms with Crippen molar-refractivity contribution in [3.63, 3.8) is 0 Å². The highest BCUT2D eigenvalue weighted by Crippen LogP contribution is 2.06. The van der Waals surface area contributed by atoms with Crippen LogP contribution in [0.1, 0.15) is 23.2 Å². The molecule has 1 atom stereocenters. The number of nitrogens with zero attached hydrogens (tertiary/aromatic N) is 1. The zero-order valence-electron chi connectivity index (χ0n) is 11.4. The molecule has 106 valence electrons. The second kappa shape index (κ2) is 7.42. The number of amides is 1. The van der Waals surface area contributed by atoms with Gasteiger partial charge in [-0.25, -0.2) is 0 Å². The molecule has 1 heterocycles. The summed E-state index contributed by atoms with van der Waals surface area (Å²) in [4.78, 5) is 15.0. The molecule has 0 aromatic carbocycles. The van der Waals surface area contributed by atoms with E-state index in [0.717, 1.165) is 0 Å². The van der Waals surface area contributed by atoms with Gasteiger partial charge in [0.2, 0.25) is 0 Å². The minimum Gasteiger partial charge on any atom is -0.454 e. The molecule has 0 radical (unpaired) electrons. The van der Waals surface area contributed by atoms with Crippen LogP contribution in [0.4, 0.5) is 0 Å². The van der Waals surface area contributed by atoms with Crippen LogP contribution in [0.5, 0.6) is 0 Å². The molecule has 1 rings (SSSR count). The molecule has 0 saturated heterocycles. The van der Waals surface area contributed by atoms with E-state index in [2.05, 4.69) is 15.6 Å². The van der Waals surface area contributed by atoms with Crippen molar-refractivity contribution in [3.8, 4) is 0 Å². The minimum atomic E-state index is -0.581. The third-order valence-electron chi connectivity index (χ3n) is 2.36. The first-order valence-electron chi connectivity index (χ1n) is 5.91. The van der Waals surface area contributed by atoms with Crippen LogP contribution < -0.4 is 16.4 Å². The lowest BCUT2D eigenvalue weighted by Gasteiger charge is -2.16. The fraction of sp³-hybridized carbons (Fsp3) is 0.500. The van der Waals surface area contributed by atoms with Gasteiger partial charge in [0, 0.05) is 20.2 Å². The Bertz CT molecular complexity index is 442. The van der Waals surface area contributed by atoms with Gasteiger partial charge in [-0.05, 0) is 19.1 Å². The number of primary amides is 1. The number of hydrogen-bond donors (Lipinski definition) is 3. The first-order chi connectivity index (χ1) is 9.06. The highest BCUT2D eigenvalue weighted by atomic mass is 16.5. The lowest BCUT2D eigenvalue weighted by Crippen LogP contribution is -2.43. The van der Waals surface area contributed by atoms with Crippen LogP contribution in [0.15, 0.2) is 21.5 Å². The third-order valence-corrected chi connectivity index (χ3v) is 2.36. The molecule has 0 aliphatic rings. The van der Waals surface area contributed by atoms with E-state index in [9.17, 15) is 4.79 Å². The maximum Gasteiger partial charge on any atom is 0.284 e. The quantitative estimate of drug-likeness (QED) is 0.501. The van der Waals surface area contributed by atoms with Gasteiger partial charge in [-0.3, -0.25) is 9.79 Å². The van der Waals surface area contributed by atoms with E-state index in [1.54, 1.807) is 26.3 Å². The van der Waals surface area contributed by atoms with Crippen LogP contribution in [0.2, 0.25) is 0 Å². The second-order valence-corrected chi connectivity index (χ2v) is 4.06. The number of aliphatic imine (C=N–C) groups is 1. The summed E-state index contributed by atoms with van der Waals surface area (Å²) in [7, 11) is 3.31. The Morgan fingerprint density at radius 2 is 2.32 bits per heavy atom. The molecular formula is C12H20N4O3. The molecule has 1 unspecified atom stereocenters. The molecule has 0 saturated carbocycles. The number of nitrogens with one attached hydrogen (secondary N) is 2. The smallest absolute Gasteiger partial charge is 0.284 e. The number of furan rings is 1. The number of ether oxygens (including phenoxy) is 1. The summed E-state index contributed by atoms with van der Waals surface area (Å²) in [5.74, 6) is 0.799. The molecule has 7 heteroatoms. The van der Waals surface area contributed by atoms with E-state index in [1.165, 1.54) is 0 Å². The number of nitrogens with two attached hydrogens (primary N) is 1. The Kier molecular flexibility index (Phi) is 5.87. The first kappa shape index (κ1) is 15.0. The topological polar surface area (TPSA) is 102 Å². The van der Waals surface area contributed by atoms with Gasteiger partial charge in [0.15, 0.2) is 11.7 Å². The minimum absolute atomic E-state index is 0.133. The summed E-state index contributed by atoms with van der Waals surface area (Å²) < 4.78 is 10.3. The van der Waals surface area contributed by atoms with Gasteiger partial charge in [-0.1, -0.05) is 0 Å². The fourth-order valence-electron chi connectivity index (χ4n) is 1.50. The normalized spacial score (nSPS) is 13.1. The van der Waals surface area contributed by atoms with Gasteiger partial charge in [-0.15, -0.1) is 0 Å². The van der Waals surface area contributed by atoms with Crippen LogP contribution in [-0.4, -0.2) is 38.7 Å². The molecule has 1 aromatic heterocycles. The number of guanidine groups is 1. The number of rotatable bonds is 6. The molecule has 1 aromatic rings. The van der Waals surface area contributed by atoms with Crippen LogP contribution >= 0.6 is 0 Å². The Labute approximate surface area is 112 Å². The maximum atomic E-state index is 10.9. The van der Waals surface area contributed by atoms with Crippen LogP contribution in [0.3, 0.4) is 0 Å². The molecule has 4 N–H and O–H groups in total. The monoisotopic (exact) mass is 268 g/mol. The van der Waals surface area contributed by atoms with Gasteiger partial charge in [0.1, 0.15) is 5.76 Å². The van der Waals surface area contributed by atoms with Crippen molar-refractivity contribution in [2.75, 3.05) is 20.8 Å². The predicted octanol–water partition coefficient (Wildman–Crippen LogP) is 0.0784. The van der Waals surface area contributed by atoms with E-state index in [-0.39, 0.29) is 11.8 Å². The zero-order chi connectivity index (χ0) is 14.3. The SMILES string of the molecule is CN=C(NCc1ccc(C(N)=O)o1)NC(C)COC. The first-order valence-corrected chi connectivity index (χ1v) is 5.91. The van der Waals surface area contributed by atoms with Crippen LogP contribution in [0.25, 0.3) is 0 Å². The van der Waals surface area contributed by atoms with Crippen LogP contribution in [-0.2, 0) is 11.3 Å². The molecule has 1 amide bonds. The van der Waals surface area contributed by atoms with Crippen molar-refractivity contribution < 1.29 is 13.9 Å². The van der Waals surface area contributed by atoms with Gasteiger partial charge in [0.25, 0.3) is 5.91 Å². The molecular weight excluding hydrogens is 248 g/mol. The number of methoxy groups -OCH3 is 1. The summed E-state index contributed by atoms with van der Waals surface area (Å²) in [6, 6.07) is 3.37. The Balaban J connectivity index is 2.46. The molecule has 0 aliphatic heterocycles. The molecule has 0 bridgehead atoms. The average Bonchev–Trinajstić information content (AvgIpc) is 2.83. The van der Waals surface area contributed by atoms with Gasteiger partial charge in [0.05, 0.1) is 13.2 Å². The molecule has 0 spiro atoms. The molecule has 0 aliphatic carbocycles. The highest BCUT2D eigenvalue weighted by molar-refractivity contribution is 5.89. The van der Waals surface area contributed by atoms with Crippen molar-refractivity contribution >= 4 is 11.9 Å². The van der Waals surface area contributed by atoms with Gasteiger partial charge in [-0.2, -0.15) is 0 Å². The summed E-state index contributed by atoms with van der Waals surface area (Å²) in [6.07, 6.45) is 0. The largest absolute Gasteiger partial charge is 0.454 e. The molecule has 7 nitrogen and oxygen atoms in total.